The number of aromatic nitrogens is 2. The Labute approximate surface area is 182 Å². The van der Waals surface area contributed by atoms with E-state index in [1.54, 1.807) is 19.1 Å². The van der Waals surface area contributed by atoms with E-state index in [-0.39, 0.29) is 12.4 Å². The molecule has 0 radical (unpaired) electrons. The fraction of sp³-hybridized carbons (Fsp3) is 0.444. The molecular weight excluding hydrogens is 458 g/mol. The van der Waals surface area contributed by atoms with Gasteiger partial charge in [-0.05, 0) is 19.4 Å². The molecule has 0 aliphatic carbocycles. The highest BCUT2D eigenvalue weighted by atomic mass is 35.5. The molecule has 3 heterocycles. The van der Waals surface area contributed by atoms with Gasteiger partial charge in [-0.25, -0.2) is 13.8 Å². The molecule has 4 rings (SSSR count). The number of phosphoric ester groups is 1. The molecule has 1 fully saturated rings. The highest BCUT2D eigenvalue weighted by Crippen LogP contribution is 2.56. The first-order valence-corrected chi connectivity index (χ1v) is 10.9. The summed E-state index contributed by atoms with van der Waals surface area (Å²) in [6.07, 6.45) is -3.72. The van der Waals surface area contributed by atoms with Crippen molar-refractivity contribution in [2.24, 2.45) is 0 Å². The van der Waals surface area contributed by atoms with E-state index in [9.17, 15) is 19.3 Å². The van der Waals surface area contributed by atoms with Crippen molar-refractivity contribution >= 4 is 19.4 Å². The molecule has 1 aromatic heterocycles. The van der Waals surface area contributed by atoms with E-state index < -0.39 is 55.3 Å². The van der Waals surface area contributed by atoms with Crippen molar-refractivity contribution in [1.29, 1.82) is 0 Å². The van der Waals surface area contributed by atoms with Gasteiger partial charge in [0.25, 0.3) is 5.56 Å². The van der Waals surface area contributed by atoms with E-state index in [1.165, 1.54) is 0 Å². The second kappa shape index (κ2) is 7.84. The summed E-state index contributed by atoms with van der Waals surface area (Å²) in [5.74, 6) is -3.22. The minimum Gasteiger partial charge on any atom is -0.403 e. The van der Waals surface area contributed by atoms with Gasteiger partial charge in [0.2, 0.25) is 5.85 Å². The van der Waals surface area contributed by atoms with Gasteiger partial charge in [0.05, 0.1) is 9.35 Å². The second-order valence-electron chi connectivity index (χ2n) is 7.23. The number of alkyl halides is 1. The number of halogens is 2. The first-order chi connectivity index (χ1) is 15.2. The lowest BCUT2D eigenvalue weighted by molar-refractivity contribution is -0.179. The number of ether oxygens (including phenoxy) is 1. The van der Waals surface area contributed by atoms with Gasteiger partial charge in [-0.3, -0.25) is 23.4 Å². The number of hydrogen-bond acceptors (Lipinski definition) is 8. The number of nitrogens with one attached hydrogen (secondary N) is 1. The van der Waals surface area contributed by atoms with E-state index >= 15 is 4.39 Å². The number of nitrogens with zero attached hydrogens (tertiary/aromatic N) is 1. The number of aromatic amines is 1. The summed E-state index contributed by atoms with van der Waals surface area (Å²) in [5.41, 5.74) is 0.0556. The molecule has 2 N–H and O–H groups in total. The number of H-pyrrole nitrogens is 1. The molecule has 168 valence electrons. The lowest BCUT2D eigenvalue weighted by Crippen LogP contribution is -2.36. The van der Waals surface area contributed by atoms with Crippen LogP contribution in [0.4, 0.5) is 4.39 Å². The fourth-order valence-electron chi connectivity index (χ4n) is 3.38. The minimum atomic E-state index is -4.65. The number of aryl methyl sites for hydroxylation is 2. The van der Waals surface area contributed by atoms with Crippen LogP contribution in [0.15, 0.2) is 27.9 Å². The Morgan fingerprint density at radius 3 is 2.97 bits per heavy atom. The monoisotopic (exact) mass is 478 g/mol. The predicted octanol–water partition coefficient (Wildman–Crippen LogP) is 2.49. The van der Waals surface area contributed by atoms with Crippen LogP contribution in [-0.4, -0.2) is 33.2 Å². The molecule has 0 saturated carbocycles. The van der Waals surface area contributed by atoms with Gasteiger partial charge in [-0.15, -0.1) is 0 Å². The maximum absolute atomic E-state index is 15.6. The zero-order chi connectivity index (χ0) is 24.3. The number of phosphoric acid groups is 1. The maximum Gasteiger partial charge on any atom is 0.530 e. The van der Waals surface area contributed by atoms with E-state index in [0.717, 1.165) is 11.8 Å². The fourth-order valence-corrected chi connectivity index (χ4v) is 4.71. The Morgan fingerprint density at radius 1 is 1.48 bits per heavy atom. The number of fused-ring (bicyclic) bond motifs is 1. The van der Waals surface area contributed by atoms with Gasteiger partial charge in [-0.1, -0.05) is 29.3 Å². The standard InChI is InChI=1S/C18H19ClFN2O8P/c1-9-3-10(2)14-11(4-9)7-27-31(26,30-14)28-8-18(20)5-13(23)16(29-18)22-6-12(19)15(24)21-17(22)25/h3-4,6,13,16,23H,5,7-8H2,1-2H3,(H,21,24,25)/t13-,16-,18+,31?/m1/s1/i8D2. The number of hydrogen-bond donors (Lipinski definition) is 2. The zero-order valence-electron chi connectivity index (χ0n) is 18.3. The van der Waals surface area contributed by atoms with Crippen LogP contribution in [0, 0.1) is 13.8 Å². The lowest BCUT2D eigenvalue weighted by atomic mass is 10.1. The summed E-state index contributed by atoms with van der Waals surface area (Å²) in [5, 5.41) is 9.83. The third-order valence-corrected chi connectivity index (χ3v) is 6.13. The van der Waals surface area contributed by atoms with Gasteiger partial charge in [0.1, 0.15) is 23.4 Å². The number of benzene rings is 1. The van der Waals surface area contributed by atoms with Crippen LogP contribution >= 0.6 is 19.4 Å². The Bertz CT molecular complexity index is 1290. The van der Waals surface area contributed by atoms with Crippen molar-refractivity contribution in [2.45, 2.75) is 45.1 Å². The molecule has 0 spiro atoms. The smallest absolute Gasteiger partial charge is 0.403 e. The molecule has 13 heteroatoms. The minimum absolute atomic E-state index is 0.165. The van der Waals surface area contributed by atoms with E-state index in [4.69, 9.17) is 32.7 Å². The molecule has 0 amide bonds. The second-order valence-corrected chi connectivity index (χ2v) is 9.15. The topological polar surface area (TPSA) is 129 Å². The Balaban J connectivity index is 1.60. The molecule has 1 unspecified atom stereocenters. The highest BCUT2D eigenvalue weighted by Gasteiger charge is 2.50. The lowest BCUT2D eigenvalue weighted by Gasteiger charge is -2.28. The summed E-state index contributed by atoms with van der Waals surface area (Å²) in [6.45, 7) is -0.170. The van der Waals surface area contributed by atoms with Crippen LogP contribution in [0.5, 0.6) is 5.75 Å². The molecule has 1 aromatic carbocycles. The van der Waals surface area contributed by atoms with Gasteiger partial charge >= 0.3 is 13.5 Å². The molecule has 0 bridgehead atoms. The summed E-state index contributed by atoms with van der Waals surface area (Å²) in [6, 6.07) is 3.47. The number of rotatable bonds is 4. The largest absolute Gasteiger partial charge is 0.530 e. The zero-order valence-corrected chi connectivity index (χ0v) is 17.9. The first kappa shape index (κ1) is 19.7. The average Bonchev–Trinajstić information content (AvgIpc) is 3.01. The summed E-state index contributed by atoms with van der Waals surface area (Å²) in [4.78, 5) is 25.4. The molecule has 4 atom stereocenters. The molecule has 1 saturated heterocycles. The predicted molar refractivity (Wildman–Crippen MR) is 106 cm³/mol. The van der Waals surface area contributed by atoms with Crippen molar-refractivity contribution in [1.82, 2.24) is 9.55 Å². The van der Waals surface area contributed by atoms with Crippen LogP contribution in [0.3, 0.4) is 0 Å². The van der Waals surface area contributed by atoms with Crippen LogP contribution < -0.4 is 15.8 Å². The first-order valence-electron chi connectivity index (χ1n) is 10.0. The average molecular weight is 479 g/mol. The van der Waals surface area contributed by atoms with Crippen LogP contribution in [0.1, 0.15) is 32.1 Å². The Hall–Kier alpha value is -2.01. The molecule has 2 aromatic rings. The molecule has 2 aliphatic heterocycles. The molecule has 2 aliphatic rings. The van der Waals surface area contributed by atoms with E-state index in [2.05, 4.69) is 0 Å². The van der Waals surface area contributed by atoms with E-state index in [0.29, 0.717) is 15.7 Å². The molecule has 10 nitrogen and oxygen atoms in total. The molecular formula is C18H19ClFN2O8P. The quantitative estimate of drug-likeness (QED) is 0.641. The van der Waals surface area contributed by atoms with Gasteiger partial charge in [-0.2, -0.15) is 0 Å². The number of aliphatic hydroxyl groups excluding tert-OH is 1. The maximum atomic E-state index is 15.6. The Kier molecular flexibility index (Phi) is 4.97. The van der Waals surface area contributed by atoms with Crippen LogP contribution in [-0.2, 0) is 25.0 Å². The number of aliphatic hydroxyl groups is 1. The van der Waals surface area contributed by atoms with Crippen molar-refractivity contribution in [3.63, 3.8) is 0 Å². The van der Waals surface area contributed by atoms with Gasteiger partial charge < -0.3 is 14.4 Å². The Morgan fingerprint density at radius 2 is 2.23 bits per heavy atom. The summed E-state index contributed by atoms with van der Waals surface area (Å²) >= 11 is 5.68. The summed E-state index contributed by atoms with van der Waals surface area (Å²) < 4.78 is 65.6. The van der Waals surface area contributed by atoms with Crippen LogP contribution in [0.25, 0.3) is 0 Å². The van der Waals surface area contributed by atoms with Gasteiger partial charge in [0, 0.05) is 18.2 Å². The highest BCUT2D eigenvalue weighted by molar-refractivity contribution is 7.49. The van der Waals surface area contributed by atoms with Crippen molar-refractivity contribution < 1.29 is 35.1 Å². The summed E-state index contributed by atoms with van der Waals surface area (Å²) in [7, 11) is -4.65. The molecule has 31 heavy (non-hydrogen) atoms. The van der Waals surface area contributed by atoms with E-state index in [1.807, 2.05) is 11.9 Å². The third-order valence-electron chi connectivity index (χ3n) is 4.69. The SMILES string of the molecule is [2H]C([2H])(OP1(=O)OCc2cc(C)cc(C)c2O1)[C@]1(F)C[C@@H](O)[C@H](n2cc(Cl)c(=O)[nH]c2=O)O1. The van der Waals surface area contributed by atoms with Gasteiger partial charge in [0.15, 0.2) is 6.23 Å². The van der Waals surface area contributed by atoms with Crippen LogP contribution in [0.2, 0.25) is 5.02 Å². The van der Waals surface area contributed by atoms with Crippen molar-refractivity contribution in [3.8, 4) is 5.75 Å². The third kappa shape index (κ3) is 4.34. The normalized spacial score (nSPS) is 31.5. The van der Waals surface area contributed by atoms with Crippen molar-refractivity contribution in [3.05, 3.63) is 60.9 Å². The van der Waals surface area contributed by atoms with Crippen molar-refractivity contribution in [2.75, 3.05) is 6.56 Å².